The molecule has 1 atom stereocenters. The third kappa shape index (κ3) is 6.73. The van der Waals surface area contributed by atoms with Crippen LogP contribution in [-0.2, 0) is 0 Å². The summed E-state index contributed by atoms with van der Waals surface area (Å²) in [5.74, 6) is 0.949. The Morgan fingerprint density at radius 3 is 2.32 bits per heavy atom. The largest absolute Gasteiger partial charge is 0.313 e. The van der Waals surface area contributed by atoms with Gasteiger partial charge < -0.3 is 10.2 Å². The number of likely N-dealkylation sites (N-methyl/N-ethyl adjacent to an activating group) is 2. The summed E-state index contributed by atoms with van der Waals surface area (Å²) in [5.41, 5.74) is 0. The summed E-state index contributed by atoms with van der Waals surface area (Å²) in [6.07, 6.45) is 5.57. The molecule has 0 aromatic carbocycles. The van der Waals surface area contributed by atoms with E-state index in [1.807, 2.05) is 0 Å². The van der Waals surface area contributed by atoms with Gasteiger partial charge in [-0.3, -0.25) is 4.90 Å². The lowest BCUT2D eigenvalue weighted by atomic mass is 9.87. The first-order valence-corrected chi connectivity index (χ1v) is 8.15. The summed E-state index contributed by atoms with van der Waals surface area (Å²) < 4.78 is 0. The zero-order valence-electron chi connectivity index (χ0n) is 13.8. The van der Waals surface area contributed by atoms with E-state index in [0.29, 0.717) is 6.04 Å². The fourth-order valence-corrected chi connectivity index (χ4v) is 3.21. The van der Waals surface area contributed by atoms with Gasteiger partial charge in [-0.25, -0.2) is 0 Å². The molecule has 0 aromatic rings. The minimum absolute atomic E-state index is 0.646. The van der Waals surface area contributed by atoms with E-state index in [1.54, 1.807) is 0 Å². The van der Waals surface area contributed by atoms with Crippen molar-refractivity contribution in [2.24, 2.45) is 5.92 Å². The van der Waals surface area contributed by atoms with Gasteiger partial charge >= 0.3 is 0 Å². The molecule has 0 spiro atoms. The molecule has 1 aliphatic carbocycles. The Morgan fingerprint density at radius 1 is 1.16 bits per heavy atom. The Morgan fingerprint density at radius 2 is 1.79 bits per heavy atom. The lowest BCUT2D eigenvalue weighted by Crippen LogP contribution is -2.45. The zero-order chi connectivity index (χ0) is 14.3. The Labute approximate surface area is 120 Å². The van der Waals surface area contributed by atoms with E-state index in [-0.39, 0.29) is 0 Å². The Bertz CT molecular complexity index is 222. The summed E-state index contributed by atoms with van der Waals surface area (Å²) in [5, 5.41) is 3.76. The van der Waals surface area contributed by atoms with Crippen molar-refractivity contribution < 1.29 is 0 Å². The smallest absolute Gasteiger partial charge is 0.0195 e. The number of hydrogen-bond acceptors (Lipinski definition) is 3. The number of nitrogens with zero attached hydrogens (tertiary/aromatic N) is 2. The Balaban J connectivity index is 2.18. The van der Waals surface area contributed by atoms with Crippen LogP contribution in [0.3, 0.4) is 0 Å². The Kier molecular flexibility index (Phi) is 7.96. The highest BCUT2D eigenvalue weighted by Gasteiger charge is 2.18. The van der Waals surface area contributed by atoms with E-state index < -0.39 is 0 Å². The van der Waals surface area contributed by atoms with E-state index in [0.717, 1.165) is 31.6 Å². The van der Waals surface area contributed by atoms with Crippen molar-refractivity contribution in [1.29, 1.82) is 0 Å². The van der Waals surface area contributed by atoms with Gasteiger partial charge in [-0.2, -0.15) is 0 Å². The highest BCUT2D eigenvalue weighted by Crippen LogP contribution is 2.23. The molecule has 0 saturated heterocycles. The van der Waals surface area contributed by atoms with Crippen LogP contribution in [0.4, 0.5) is 0 Å². The summed E-state index contributed by atoms with van der Waals surface area (Å²) in [6.45, 7) is 11.6. The minimum Gasteiger partial charge on any atom is -0.313 e. The molecule has 1 fully saturated rings. The SMILES string of the molecule is CCN(CCNC1CCC(C)CC1)C(C)CN(C)C. The van der Waals surface area contributed by atoms with Gasteiger partial charge in [0.1, 0.15) is 0 Å². The second-order valence-corrected chi connectivity index (χ2v) is 6.65. The predicted molar refractivity (Wildman–Crippen MR) is 84.7 cm³/mol. The third-order valence-corrected chi connectivity index (χ3v) is 4.51. The molecular formula is C16H35N3. The summed E-state index contributed by atoms with van der Waals surface area (Å²) >= 11 is 0. The molecule has 0 amide bonds. The zero-order valence-corrected chi connectivity index (χ0v) is 13.8. The minimum atomic E-state index is 0.646. The topological polar surface area (TPSA) is 18.5 Å². The molecule has 3 heteroatoms. The highest BCUT2D eigenvalue weighted by atomic mass is 15.2. The molecule has 0 heterocycles. The predicted octanol–water partition coefficient (Wildman–Crippen LogP) is 2.43. The van der Waals surface area contributed by atoms with Crippen LogP contribution in [0.5, 0.6) is 0 Å². The second kappa shape index (κ2) is 8.93. The van der Waals surface area contributed by atoms with E-state index in [4.69, 9.17) is 0 Å². The molecule has 0 radical (unpaired) electrons. The number of rotatable bonds is 8. The summed E-state index contributed by atoms with van der Waals surface area (Å²) in [6, 6.07) is 1.42. The van der Waals surface area contributed by atoms with Crippen molar-refractivity contribution >= 4 is 0 Å². The van der Waals surface area contributed by atoms with Gasteiger partial charge in [0.15, 0.2) is 0 Å². The molecule has 114 valence electrons. The normalized spacial score (nSPS) is 26.1. The van der Waals surface area contributed by atoms with Crippen LogP contribution >= 0.6 is 0 Å². The molecule has 1 N–H and O–H groups in total. The van der Waals surface area contributed by atoms with Crippen LogP contribution in [0, 0.1) is 5.92 Å². The maximum Gasteiger partial charge on any atom is 0.0195 e. The number of nitrogens with one attached hydrogen (secondary N) is 1. The van der Waals surface area contributed by atoms with Gasteiger partial charge in [0.25, 0.3) is 0 Å². The van der Waals surface area contributed by atoms with Gasteiger partial charge in [-0.05, 0) is 59.2 Å². The lowest BCUT2D eigenvalue weighted by Gasteiger charge is -2.32. The fourth-order valence-electron chi connectivity index (χ4n) is 3.21. The first-order chi connectivity index (χ1) is 9.02. The molecule has 3 nitrogen and oxygen atoms in total. The van der Waals surface area contributed by atoms with Crippen molar-refractivity contribution in [3.8, 4) is 0 Å². The average Bonchev–Trinajstić information content (AvgIpc) is 2.36. The van der Waals surface area contributed by atoms with Gasteiger partial charge in [0.05, 0.1) is 0 Å². The quantitative estimate of drug-likeness (QED) is 0.730. The average molecular weight is 269 g/mol. The Hall–Kier alpha value is -0.120. The molecular weight excluding hydrogens is 234 g/mol. The molecule has 1 aliphatic rings. The van der Waals surface area contributed by atoms with E-state index in [9.17, 15) is 0 Å². The van der Waals surface area contributed by atoms with Crippen molar-refractivity contribution in [3.05, 3.63) is 0 Å². The number of hydrogen-bond donors (Lipinski definition) is 1. The van der Waals surface area contributed by atoms with Gasteiger partial charge in [-0.15, -0.1) is 0 Å². The standard InChI is InChI=1S/C16H35N3/c1-6-19(15(3)13-18(4)5)12-11-17-16-9-7-14(2)8-10-16/h14-17H,6-13H2,1-5H3. The van der Waals surface area contributed by atoms with Gasteiger partial charge in [0.2, 0.25) is 0 Å². The van der Waals surface area contributed by atoms with Crippen molar-refractivity contribution in [3.63, 3.8) is 0 Å². The summed E-state index contributed by atoms with van der Waals surface area (Å²) in [7, 11) is 4.32. The second-order valence-electron chi connectivity index (χ2n) is 6.65. The maximum atomic E-state index is 3.76. The monoisotopic (exact) mass is 269 g/mol. The van der Waals surface area contributed by atoms with Crippen LogP contribution in [0.25, 0.3) is 0 Å². The van der Waals surface area contributed by atoms with Crippen LogP contribution in [0.15, 0.2) is 0 Å². The van der Waals surface area contributed by atoms with E-state index >= 15 is 0 Å². The van der Waals surface area contributed by atoms with Crippen LogP contribution in [0.1, 0.15) is 46.5 Å². The molecule has 1 rings (SSSR count). The first kappa shape index (κ1) is 16.9. The van der Waals surface area contributed by atoms with Crippen molar-refractivity contribution in [1.82, 2.24) is 15.1 Å². The fraction of sp³-hybridized carbons (Fsp3) is 1.00. The van der Waals surface area contributed by atoms with Crippen molar-refractivity contribution in [2.45, 2.75) is 58.5 Å². The molecule has 1 unspecified atom stereocenters. The van der Waals surface area contributed by atoms with Gasteiger partial charge in [-0.1, -0.05) is 13.8 Å². The van der Waals surface area contributed by atoms with Crippen LogP contribution < -0.4 is 5.32 Å². The van der Waals surface area contributed by atoms with Crippen LogP contribution in [0.2, 0.25) is 0 Å². The summed E-state index contributed by atoms with van der Waals surface area (Å²) in [4.78, 5) is 4.86. The molecule has 19 heavy (non-hydrogen) atoms. The highest BCUT2D eigenvalue weighted by molar-refractivity contribution is 4.76. The van der Waals surface area contributed by atoms with E-state index in [1.165, 1.54) is 32.2 Å². The molecule has 0 aliphatic heterocycles. The third-order valence-electron chi connectivity index (χ3n) is 4.51. The molecule has 0 bridgehead atoms. The lowest BCUT2D eigenvalue weighted by molar-refractivity contribution is 0.177. The molecule has 0 aromatic heterocycles. The van der Waals surface area contributed by atoms with Crippen molar-refractivity contribution in [2.75, 3.05) is 40.3 Å². The molecule has 1 saturated carbocycles. The van der Waals surface area contributed by atoms with Crippen LogP contribution in [-0.4, -0.2) is 62.2 Å². The maximum absolute atomic E-state index is 3.76. The first-order valence-electron chi connectivity index (χ1n) is 8.15. The van der Waals surface area contributed by atoms with E-state index in [2.05, 4.69) is 50.0 Å². The van der Waals surface area contributed by atoms with Gasteiger partial charge in [0, 0.05) is 31.7 Å².